The summed E-state index contributed by atoms with van der Waals surface area (Å²) in [5, 5.41) is 3.00. The maximum atomic E-state index is 12.3. The van der Waals surface area contributed by atoms with Crippen molar-refractivity contribution >= 4 is 15.9 Å². The van der Waals surface area contributed by atoms with Gasteiger partial charge in [0.1, 0.15) is 0 Å². The van der Waals surface area contributed by atoms with Crippen molar-refractivity contribution in [1.82, 2.24) is 14.5 Å². The Morgan fingerprint density at radius 3 is 2.54 bits per heavy atom. The lowest BCUT2D eigenvalue weighted by atomic mass is 9.98. The van der Waals surface area contributed by atoms with Crippen LogP contribution in [-0.2, 0) is 14.8 Å². The van der Waals surface area contributed by atoms with E-state index < -0.39 is 10.0 Å². The molecule has 2 fully saturated rings. The second-order valence-electron chi connectivity index (χ2n) is 7.27. The third-order valence-electron chi connectivity index (χ3n) is 5.34. The fourth-order valence-electron chi connectivity index (χ4n) is 3.54. The van der Waals surface area contributed by atoms with Crippen molar-refractivity contribution in [2.75, 3.05) is 45.0 Å². The lowest BCUT2D eigenvalue weighted by Crippen LogP contribution is -2.46. The molecule has 0 bridgehead atoms. The van der Waals surface area contributed by atoms with Gasteiger partial charge in [-0.15, -0.1) is 0 Å². The van der Waals surface area contributed by atoms with E-state index in [2.05, 4.69) is 17.1 Å². The first-order valence-electron chi connectivity index (χ1n) is 9.40. The fraction of sp³-hybridized carbons (Fsp3) is 0.941. The van der Waals surface area contributed by atoms with Crippen molar-refractivity contribution in [2.45, 2.75) is 46.0 Å². The number of amides is 1. The number of carbonyl (C=O) groups excluding carboxylic acids is 1. The van der Waals surface area contributed by atoms with Gasteiger partial charge < -0.3 is 10.2 Å². The van der Waals surface area contributed by atoms with Crippen molar-refractivity contribution in [1.29, 1.82) is 0 Å². The molecule has 0 aromatic rings. The van der Waals surface area contributed by atoms with E-state index in [1.165, 1.54) is 30.2 Å². The van der Waals surface area contributed by atoms with E-state index in [4.69, 9.17) is 0 Å². The molecule has 0 aromatic carbocycles. The summed E-state index contributed by atoms with van der Waals surface area (Å²) < 4.78 is 25.4. The van der Waals surface area contributed by atoms with Crippen LogP contribution in [0.2, 0.25) is 0 Å². The molecule has 0 aromatic heterocycles. The number of rotatable bonds is 7. The molecular weight excluding hydrogens is 326 g/mol. The first kappa shape index (κ1) is 19.7. The third-order valence-corrected chi connectivity index (χ3v) is 7.19. The quantitative estimate of drug-likeness (QED) is 0.696. The highest BCUT2D eigenvalue weighted by atomic mass is 32.2. The summed E-state index contributed by atoms with van der Waals surface area (Å²) in [6.07, 6.45) is 5.06. The van der Waals surface area contributed by atoms with E-state index in [0.717, 1.165) is 31.7 Å². The molecule has 0 unspecified atom stereocenters. The SMILES string of the molecule is CCS(=O)(=O)N1CCC[C@@H](C(=O)NCCCN2CCC(C)CC2)C1. The molecule has 0 saturated carbocycles. The van der Waals surface area contributed by atoms with Gasteiger partial charge in [0.25, 0.3) is 0 Å². The van der Waals surface area contributed by atoms with E-state index in [1.54, 1.807) is 6.92 Å². The molecule has 24 heavy (non-hydrogen) atoms. The number of carbonyl (C=O) groups is 1. The largest absolute Gasteiger partial charge is 0.356 e. The summed E-state index contributed by atoms with van der Waals surface area (Å²) in [5.74, 6) is 0.763. The van der Waals surface area contributed by atoms with Crippen LogP contribution in [0.3, 0.4) is 0 Å². The second-order valence-corrected chi connectivity index (χ2v) is 9.52. The zero-order valence-corrected chi connectivity index (χ0v) is 16.0. The van der Waals surface area contributed by atoms with Gasteiger partial charge in [0.05, 0.1) is 11.7 Å². The first-order chi connectivity index (χ1) is 11.4. The zero-order chi connectivity index (χ0) is 17.6. The van der Waals surface area contributed by atoms with Crippen LogP contribution in [0, 0.1) is 11.8 Å². The van der Waals surface area contributed by atoms with Crippen molar-refractivity contribution in [3.63, 3.8) is 0 Å². The Morgan fingerprint density at radius 1 is 1.17 bits per heavy atom. The average Bonchev–Trinajstić information content (AvgIpc) is 2.60. The van der Waals surface area contributed by atoms with Gasteiger partial charge in [-0.05, 0) is 64.6 Å². The number of likely N-dealkylation sites (tertiary alicyclic amines) is 1. The van der Waals surface area contributed by atoms with Gasteiger partial charge in [-0.3, -0.25) is 4.79 Å². The molecule has 140 valence electrons. The Hall–Kier alpha value is -0.660. The third kappa shape index (κ3) is 5.70. The summed E-state index contributed by atoms with van der Waals surface area (Å²) in [5.41, 5.74) is 0. The van der Waals surface area contributed by atoms with Crippen LogP contribution in [0.4, 0.5) is 0 Å². The molecular formula is C17H33N3O3S. The van der Waals surface area contributed by atoms with E-state index in [1.807, 2.05) is 0 Å². The van der Waals surface area contributed by atoms with Crippen LogP contribution in [0.25, 0.3) is 0 Å². The predicted molar refractivity (Wildman–Crippen MR) is 96.2 cm³/mol. The Labute approximate surface area is 147 Å². The van der Waals surface area contributed by atoms with Crippen LogP contribution in [0.5, 0.6) is 0 Å². The molecule has 1 amide bonds. The van der Waals surface area contributed by atoms with Gasteiger partial charge >= 0.3 is 0 Å². The van der Waals surface area contributed by atoms with E-state index in [0.29, 0.717) is 19.6 Å². The number of nitrogens with zero attached hydrogens (tertiary/aromatic N) is 2. The summed E-state index contributed by atoms with van der Waals surface area (Å²) >= 11 is 0. The molecule has 1 N–H and O–H groups in total. The normalized spacial score (nSPS) is 24.8. The van der Waals surface area contributed by atoms with Crippen molar-refractivity contribution in [2.24, 2.45) is 11.8 Å². The zero-order valence-electron chi connectivity index (χ0n) is 15.2. The molecule has 2 heterocycles. The van der Waals surface area contributed by atoms with Gasteiger partial charge in [-0.2, -0.15) is 0 Å². The number of hydrogen-bond acceptors (Lipinski definition) is 4. The molecule has 2 aliphatic rings. The summed E-state index contributed by atoms with van der Waals surface area (Å²) in [6.45, 7) is 8.91. The number of piperidine rings is 2. The Morgan fingerprint density at radius 2 is 1.88 bits per heavy atom. The maximum Gasteiger partial charge on any atom is 0.224 e. The van der Waals surface area contributed by atoms with Crippen molar-refractivity contribution < 1.29 is 13.2 Å². The monoisotopic (exact) mass is 359 g/mol. The van der Waals surface area contributed by atoms with Crippen LogP contribution in [-0.4, -0.2) is 68.6 Å². The van der Waals surface area contributed by atoms with Crippen molar-refractivity contribution in [3.05, 3.63) is 0 Å². The molecule has 2 rings (SSSR count). The van der Waals surface area contributed by atoms with Crippen molar-refractivity contribution in [3.8, 4) is 0 Å². The molecule has 0 aliphatic carbocycles. The van der Waals surface area contributed by atoms with Crippen LogP contribution in [0.15, 0.2) is 0 Å². The fourth-order valence-corrected chi connectivity index (χ4v) is 4.72. The Bertz CT molecular complexity index is 501. The average molecular weight is 360 g/mol. The maximum absolute atomic E-state index is 12.3. The minimum absolute atomic E-state index is 0.0123. The number of sulfonamides is 1. The summed E-state index contributed by atoms with van der Waals surface area (Å²) in [4.78, 5) is 14.8. The highest BCUT2D eigenvalue weighted by molar-refractivity contribution is 7.89. The molecule has 6 nitrogen and oxygen atoms in total. The Balaban J connectivity index is 1.67. The van der Waals surface area contributed by atoms with E-state index >= 15 is 0 Å². The molecule has 0 radical (unpaired) electrons. The second kappa shape index (κ2) is 9.15. The van der Waals surface area contributed by atoms with Gasteiger partial charge in [-0.1, -0.05) is 6.92 Å². The number of hydrogen-bond donors (Lipinski definition) is 1. The van der Waals surface area contributed by atoms with E-state index in [-0.39, 0.29) is 17.6 Å². The van der Waals surface area contributed by atoms with Gasteiger partial charge in [-0.25, -0.2) is 12.7 Å². The van der Waals surface area contributed by atoms with Crippen LogP contribution < -0.4 is 5.32 Å². The smallest absolute Gasteiger partial charge is 0.224 e. The minimum atomic E-state index is -3.19. The number of nitrogens with one attached hydrogen (secondary N) is 1. The van der Waals surface area contributed by atoms with Crippen LogP contribution >= 0.6 is 0 Å². The summed E-state index contributed by atoms with van der Waals surface area (Å²) in [7, 11) is -3.19. The van der Waals surface area contributed by atoms with E-state index in [9.17, 15) is 13.2 Å². The highest BCUT2D eigenvalue weighted by Gasteiger charge is 2.31. The first-order valence-corrected chi connectivity index (χ1v) is 11.0. The topological polar surface area (TPSA) is 69.7 Å². The lowest BCUT2D eigenvalue weighted by Gasteiger charge is -2.31. The molecule has 2 aliphatic heterocycles. The standard InChI is InChI=1S/C17H33N3O3S/c1-3-24(22,23)20-11-4-6-16(14-20)17(21)18-9-5-10-19-12-7-15(2)8-13-19/h15-16H,3-14H2,1-2H3,(H,18,21)/t16-/m1/s1. The molecule has 1 atom stereocenters. The summed E-state index contributed by atoms with van der Waals surface area (Å²) in [6, 6.07) is 0. The van der Waals surface area contributed by atoms with Crippen LogP contribution in [0.1, 0.15) is 46.0 Å². The van der Waals surface area contributed by atoms with Gasteiger partial charge in [0, 0.05) is 19.6 Å². The minimum Gasteiger partial charge on any atom is -0.356 e. The van der Waals surface area contributed by atoms with Gasteiger partial charge in [0.2, 0.25) is 15.9 Å². The predicted octanol–water partition coefficient (Wildman–Crippen LogP) is 1.29. The molecule has 7 heteroatoms. The lowest BCUT2D eigenvalue weighted by molar-refractivity contribution is -0.126. The highest BCUT2D eigenvalue weighted by Crippen LogP contribution is 2.20. The molecule has 2 saturated heterocycles. The van der Waals surface area contributed by atoms with Gasteiger partial charge in [0.15, 0.2) is 0 Å². The molecule has 0 spiro atoms. The Kier molecular flexibility index (Phi) is 7.50.